The minimum atomic E-state index is -0.971. The fourth-order valence-corrected chi connectivity index (χ4v) is 3.57. The Morgan fingerprint density at radius 1 is 1.07 bits per heavy atom. The van der Waals surface area contributed by atoms with Gasteiger partial charge in [-0.05, 0) is 30.2 Å². The molecule has 0 aliphatic rings. The lowest BCUT2D eigenvalue weighted by molar-refractivity contribution is -0.0768. The Hall–Kier alpha value is -2.77. The van der Waals surface area contributed by atoms with E-state index in [4.69, 9.17) is 4.74 Å². The summed E-state index contributed by atoms with van der Waals surface area (Å²) in [6.45, 7) is 5.45. The fraction of sp³-hybridized carbons (Fsp3) is 0.333. The van der Waals surface area contributed by atoms with Crippen molar-refractivity contribution in [1.82, 2.24) is 19.6 Å². The van der Waals surface area contributed by atoms with Gasteiger partial charge in [0.15, 0.2) is 6.29 Å². The molecule has 2 heterocycles. The molecule has 4 rings (SSSR count). The van der Waals surface area contributed by atoms with Crippen LogP contribution >= 0.6 is 0 Å². The summed E-state index contributed by atoms with van der Waals surface area (Å²) in [5.74, 6) is 0.144. The van der Waals surface area contributed by atoms with Gasteiger partial charge in [-0.15, -0.1) is 0 Å². The van der Waals surface area contributed by atoms with Crippen LogP contribution in [0.2, 0.25) is 0 Å². The van der Waals surface area contributed by atoms with Crippen LogP contribution < -0.4 is 0 Å². The molecule has 0 spiro atoms. The molecule has 1 atom stereocenters. The third-order valence-corrected chi connectivity index (χ3v) is 4.81. The normalized spacial score (nSPS) is 13.1. The Morgan fingerprint density at radius 3 is 2.57 bits per heavy atom. The van der Waals surface area contributed by atoms with E-state index in [1.165, 1.54) is 13.2 Å². The third-order valence-electron chi connectivity index (χ3n) is 4.81. The molecule has 0 bridgehead atoms. The van der Waals surface area contributed by atoms with E-state index in [9.17, 15) is 9.50 Å². The summed E-state index contributed by atoms with van der Waals surface area (Å²) in [5, 5.41) is 20.5. The van der Waals surface area contributed by atoms with Gasteiger partial charge in [-0.2, -0.15) is 10.2 Å². The largest absolute Gasteiger partial charge is 0.364 e. The number of halogens is 1. The van der Waals surface area contributed by atoms with Crippen molar-refractivity contribution < 1.29 is 14.2 Å². The number of aliphatic hydroxyl groups is 1. The summed E-state index contributed by atoms with van der Waals surface area (Å²) in [6.07, 6.45) is 2.48. The van der Waals surface area contributed by atoms with Gasteiger partial charge in [-0.1, -0.05) is 19.9 Å². The molecular formula is C21H23FN4O2. The predicted octanol–water partition coefficient (Wildman–Crippen LogP) is 3.87. The van der Waals surface area contributed by atoms with Crippen LogP contribution in [0.5, 0.6) is 0 Å². The lowest BCUT2D eigenvalue weighted by Gasteiger charge is -2.12. The van der Waals surface area contributed by atoms with Gasteiger partial charge in [0.2, 0.25) is 0 Å². The Kier molecular flexibility index (Phi) is 4.87. The molecule has 0 saturated heterocycles. The van der Waals surface area contributed by atoms with Crippen LogP contribution in [0.1, 0.15) is 31.3 Å². The molecule has 4 aromatic rings. The molecule has 146 valence electrons. The summed E-state index contributed by atoms with van der Waals surface area (Å²) >= 11 is 0. The SMILES string of the molecule is COC(O)c1ccc2c(cnn2Cc2cc(F)cc3cnn(CC(C)C)c23)c1. The molecule has 6 nitrogen and oxygen atoms in total. The fourth-order valence-electron chi connectivity index (χ4n) is 3.57. The second kappa shape index (κ2) is 7.33. The molecule has 0 fully saturated rings. The highest BCUT2D eigenvalue weighted by Crippen LogP contribution is 2.25. The molecule has 7 heteroatoms. The van der Waals surface area contributed by atoms with E-state index in [1.54, 1.807) is 24.5 Å². The van der Waals surface area contributed by atoms with Crippen LogP contribution in [-0.2, 0) is 17.8 Å². The summed E-state index contributed by atoms with van der Waals surface area (Å²) in [5.41, 5.74) is 3.33. The minimum Gasteiger partial charge on any atom is -0.364 e. The van der Waals surface area contributed by atoms with Crippen molar-refractivity contribution in [2.24, 2.45) is 5.92 Å². The number of hydrogen-bond acceptors (Lipinski definition) is 4. The topological polar surface area (TPSA) is 65.1 Å². The van der Waals surface area contributed by atoms with E-state index < -0.39 is 6.29 Å². The monoisotopic (exact) mass is 382 g/mol. The van der Waals surface area contributed by atoms with Crippen LogP contribution in [0.25, 0.3) is 21.8 Å². The minimum absolute atomic E-state index is 0.284. The molecule has 28 heavy (non-hydrogen) atoms. The summed E-state index contributed by atoms with van der Waals surface area (Å²) in [6, 6.07) is 8.61. The molecule has 2 aromatic heterocycles. The number of hydrogen-bond donors (Lipinski definition) is 1. The van der Waals surface area contributed by atoms with Crippen LogP contribution in [0.3, 0.4) is 0 Å². The maximum Gasteiger partial charge on any atom is 0.180 e. The second-order valence-corrected chi connectivity index (χ2v) is 7.43. The van der Waals surface area contributed by atoms with Crippen LogP contribution in [0.4, 0.5) is 4.39 Å². The molecule has 0 aliphatic carbocycles. The molecule has 0 radical (unpaired) electrons. The van der Waals surface area contributed by atoms with E-state index in [0.29, 0.717) is 18.0 Å². The predicted molar refractivity (Wildman–Crippen MR) is 105 cm³/mol. The standard InChI is InChI=1S/C21H23FN4O2/c1-13(2)11-26-20-16(10-24-26)7-18(22)8-17(20)12-25-19-5-4-14(21(27)28-3)6-15(19)9-23-25/h4-10,13,21,27H,11-12H2,1-3H3. The average molecular weight is 382 g/mol. The first-order valence-electron chi connectivity index (χ1n) is 9.26. The van der Waals surface area contributed by atoms with Gasteiger partial charge < -0.3 is 9.84 Å². The van der Waals surface area contributed by atoms with Gasteiger partial charge in [-0.3, -0.25) is 9.36 Å². The van der Waals surface area contributed by atoms with Crippen molar-refractivity contribution in [2.45, 2.75) is 33.2 Å². The number of ether oxygens (including phenoxy) is 1. The number of nitrogens with zero attached hydrogens (tertiary/aromatic N) is 4. The number of fused-ring (bicyclic) bond motifs is 2. The van der Waals surface area contributed by atoms with Crippen molar-refractivity contribution in [3.63, 3.8) is 0 Å². The molecule has 0 saturated carbocycles. The smallest absolute Gasteiger partial charge is 0.180 e. The van der Waals surface area contributed by atoms with E-state index >= 15 is 0 Å². The Morgan fingerprint density at radius 2 is 1.82 bits per heavy atom. The van der Waals surface area contributed by atoms with Gasteiger partial charge in [0.1, 0.15) is 5.82 Å². The van der Waals surface area contributed by atoms with E-state index in [2.05, 4.69) is 24.0 Å². The zero-order chi connectivity index (χ0) is 19.8. The zero-order valence-corrected chi connectivity index (χ0v) is 16.1. The van der Waals surface area contributed by atoms with Crippen molar-refractivity contribution in [3.05, 3.63) is 59.7 Å². The van der Waals surface area contributed by atoms with Gasteiger partial charge in [-0.25, -0.2) is 4.39 Å². The average Bonchev–Trinajstić information content (AvgIpc) is 3.24. The van der Waals surface area contributed by atoms with Crippen molar-refractivity contribution in [2.75, 3.05) is 7.11 Å². The van der Waals surface area contributed by atoms with Gasteiger partial charge in [0.25, 0.3) is 0 Å². The maximum absolute atomic E-state index is 14.2. The van der Waals surface area contributed by atoms with E-state index in [0.717, 1.165) is 33.9 Å². The van der Waals surface area contributed by atoms with Gasteiger partial charge in [0, 0.05) is 35.6 Å². The Bertz CT molecular complexity index is 1130. The van der Waals surface area contributed by atoms with E-state index in [1.807, 2.05) is 21.5 Å². The molecule has 1 unspecified atom stereocenters. The highest BCUT2D eigenvalue weighted by molar-refractivity contribution is 5.83. The molecular weight excluding hydrogens is 359 g/mol. The maximum atomic E-state index is 14.2. The van der Waals surface area contributed by atoms with Crippen LogP contribution in [0, 0.1) is 11.7 Å². The highest BCUT2D eigenvalue weighted by Gasteiger charge is 2.14. The van der Waals surface area contributed by atoms with Crippen molar-refractivity contribution in [3.8, 4) is 0 Å². The lowest BCUT2D eigenvalue weighted by atomic mass is 10.1. The van der Waals surface area contributed by atoms with Gasteiger partial charge >= 0.3 is 0 Å². The highest BCUT2D eigenvalue weighted by atomic mass is 19.1. The van der Waals surface area contributed by atoms with Crippen molar-refractivity contribution in [1.29, 1.82) is 0 Å². The molecule has 0 amide bonds. The molecule has 2 aromatic carbocycles. The first kappa shape index (κ1) is 18.6. The van der Waals surface area contributed by atoms with E-state index in [-0.39, 0.29) is 5.82 Å². The first-order valence-corrected chi connectivity index (χ1v) is 9.26. The van der Waals surface area contributed by atoms with Crippen LogP contribution in [0.15, 0.2) is 42.7 Å². The van der Waals surface area contributed by atoms with Crippen molar-refractivity contribution >= 4 is 21.8 Å². The third kappa shape index (κ3) is 3.39. The number of aliphatic hydroxyl groups excluding tert-OH is 1. The molecule has 0 aliphatic heterocycles. The zero-order valence-electron chi connectivity index (χ0n) is 16.1. The number of benzene rings is 2. The first-order chi connectivity index (χ1) is 13.5. The Balaban J connectivity index is 1.76. The quantitative estimate of drug-likeness (QED) is 0.514. The lowest BCUT2D eigenvalue weighted by Crippen LogP contribution is -2.09. The summed E-state index contributed by atoms with van der Waals surface area (Å²) in [4.78, 5) is 0. The number of aromatic nitrogens is 4. The summed E-state index contributed by atoms with van der Waals surface area (Å²) < 4.78 is 22.9. The Labute approximate surface area is 162 Å². The summed E-state index contributed by atoms with van der Waals surface area (Å²) in [7, 11) is 1.45. The number of methoxy groups -OCH3 is 1. The molecule has 1 N–H and O–H groups in total. The van der Waals surface area contributed by atoms with Gasteiger partial charge in [0.05, 0.1) is 30.0 Å². The second-order valence-electron chi connectivity index (χ2n) is 7.43. The number of rotatable bonds is 6. The van der Waals surface area contributed by atoms with Crippen LogP contribution in [-0.4, -0.2) is 31.8 Å².